The van der Waals surface area contributed by atoms with Gasteiger partial charge in [0.2, 0.25) is 0 Å². The number of urea groups is 1. The van der Waals surface area contributed by atoms with E-state index in [4.69, 9.17) is 5.11 Å². The lowest BCUT2D eigenvalue weighted by molar-refractivity contribution is 0.227. The topological polar surface area (TPSA) is 74.2 Å². The lowest BCUT2D eigenvalue weighted by atomic mass is 10.0. The SMILES string of the molecule is CCCC(CCO)CNC(=O)NC(C)c1ccncc1. The van der Waals surface area contributed by atoms with Gasteiger partial charge in [-0.05, 0) is 43.4 Å². The number of aliphatic hydroxyl groups is 1. The molecule has 2 atom stereocenters. The van der Waals surface area contributed by atoms with Crippen LogP contribution in [0.15, 0.2) is 24.5 Å². The molecule has 0 saturated heterocycles. The maximum atomic E-state index is 11.8. The van der Waals surface area contributed by atoms with Gasteiger partial charge < -0.3 is 15.7 Å². The summed E-state index contributed by atoms with van der Waals surface area (Å²) in [4.78, 5) is 15.8. The zero-order valence-electron chi connectivity index (χ0n) is 12.3. The summed E-state index contributed by atoms with van der Waals surface area (Å²) in [6.07, 6.45) is 6.23. The zero-order chi connectivity index (χ0) is 14.8. The van der Waals surface area contributed by atoms with Crippen molar-refractivity contribution in [1.82, 2.24) is 15.6 Å². The van der Waals surface area contributed by atoms with Crippen molar-refractivity contribution in [1.29, 1.82) is 0 Å². The van der Waals surface area contributed by atoms with Crippen molar-refractivity contribution in [3.63, 3.8) is 0 Å². The van der Waals surface area contributed by atoms with Gasteiger partial charge in [0.1, 0.15) is 0 Å². The van der Waals surface area contributed by atoms with E-state index in [0.29, 0.717) is 12.5 Å². The first-order chi connectivity index (χ1) is 9.67. The Morgan fingerprint density at radius 2 is 2.05 bits per heavy atom. The molecule has 0 spiro atoms. The number of pyridine rings is 1. The Labute approximate surface area is 120 Å². The van der Waals surface area contributed by atoms with Crippen molar-refractivity contribution < 1.29 is 9.90 Å². The van der Waals surface area contributed by atoms with Crippen molar-refractivity contribution in [3.05, 3.63) is 30.1 Å². The highest BCUT2D eigenvalue weighted by molar-refractivity contribution is 5.74. The number of aromatic nitrogens is 1. The van der Waals surface area contributed by atoms with Crippen LogP contribution in [0.5, 0.6) is 0 Å². The molecule has 0 bridgehead atoms. The fourth-order valence-electron chi connectivity index (χ4n) is 2.16. The molecule has 1 aromatic rings. The van der Waals surface area contributed by atoms with Gasteiger partial charge in [-0.25, -0.2) is 4.79 Å². The number of rotatable bonds is 8. The molecule has 0 aliphatic rings. The highest BCUT2D eigenvalue weighted by Crippen LogP contribution is 2.11. The molecule has 2 unspecified atom stereocenters. The molecule has 1 rings (SSSR count). The van der Waals surface area contributed by atoms with Crippen molar-refractivity contribution in [2.24, 2.45) is 5.92 Å². The molecule has 0 radical (unpaired) electrons. The summed E-state index contributed by atoms with van der Waals surface area (Å²) in [5.41, 5.74) is 1.02. The van der Waals surface area contributed by atoms with E-state index in [1.165, 1.54) is 0 Å². The average molecular weight is 279 g/mol. The Hall–Kier alpha value is -1.62. The predicted octanol–water partition coefficient (Wildman–Crippen LogP) is 2.24. The lowest BCUT2D eigenvalue weighted by Crippen LogP contribution is -2.39. The number of nitrogens with one attached hydrogen (secondary N) is 2. The van der Waals surface area contributed by atoms with Crippen LogP contribution in [0.3, 0.4) is 0 Å². The van der Waals surface area contributed by atoms with Crippen LogP contribution in [0.4, 0.5) is 4.79 Å². The Morgan fingerprint density at radius 1 is 1.35 bits per heavy atom. The Bertz CT molecular complexity index is 378. The molecule has 0 aromatic carbocycles. The van der Waals surface area contributed by atoms with Crippen LogP contribution >= 0.6 is 0 Å². The minimum atomic E-state index is -0.173. The van der Waals surface area contributed by atoms with Crippen LogP contribution in [0.1, 0.15) is 44.7 Å². The molecule has 5 nitrogen and oxygen atoms in total. The molecule has 0 fully saturated rings. The zero-order valence-corrected chi connectivity index (χ0v) is 12.3. The molecule has 0 saturated carbocycles. The molecule has 5 heteroatoms. The third-order valence-corrected chi connectivity index (χ3v) is 3.34. The van der Waals surface area contributed by atoms with Gasteiger partial charge in [-0.3, -0.25) is 4.98 Å². The third-order valence-electron chi connectivity index (χ3n) is 3.34. The standard InChI is InChI=1S/C15H25N3O2/c1-3-4-13(7-10-19)11-17-15(20)18-12(2)14-5-8-16-9-6-14/h5-6,8-9,12-13,19H,3-4,7,10-11H2,1-2H3,(H2,17,18,20). The van der Waals surface area contributed by atoms with E-state index in [2.05, 4.69) is 22.5 Å². The second-order valence-electron chi connectivity index (χ2n) is 5.02. The minimum Gasteiger partial charge on any atom is -0.396 e. The summed E-state index contributed by atoms with van der Waals surface area (Å²) >= 11 is 0. The highest BCUT2D eigenvalue weighted by Gasteiger charge is 2.12. The number of aliphatic hydroxyl groups excluding tert-OH is 1. The largest absolute Gasteiger partial charge is 0.396 e. The minimum absolute atomic E-state index is 0.0551. The number of hydrogen-bond donors (Lipinski definition) is 3. The van der Waals surface area contributed by atoms with Crippen molar-refractivity contribution in [2.45, 2.75) is 39.2 Å². The molecule has 0 aliphatic carbocycles. The van der Waals surface area contributed by atoms with Gasteiger partial charge in [-0.2, -0.15) is 0 Å². The first-order valence-electron chi connectivity index (χ1n) is 7.22. The monoisotopic (exact) mass is 279 g/mol. The van der Waals surface area contributed by atoms with Crippen LogP contribution in [-0.4, -0.2) is 29.3 Å². The first-order valence-corrected chi connectivity index (χ1v) is 7.22. The van der Waals surface area contributed by atoms with Gasteiger partial charge >= 0.3 is 6.03 Å². The van der Waals surface area contributed by atoms with Crippen LogP contribution in [0.25, 0.3) is 0 Å². The van der Waals surface area contributed by atoms with Gasteiger partial charge in [0, 0.05) is 25.5 Å². The van der Waals surface area contributed by atoms with Crippen molar-refractivity contribution >= 4 is 6.03 Å². The molecule has 0 aliphatic heterocycles. The van der Waals surface area contributed by atoms with E-state index in [-0.39, 0.29) is 18.7 Å². The maximum Gasteiger partial charge on any atom is 0.315 e. The van der Waals surface area contributed by atoms with Gasteiger partial charge in [-0.15, -0.1) is 0 Å². The smallest absolute Gasteiger partial charge is 0.315 e. The molecular formula is C15H25N3O2. The van der Waals surface area contributed by atoms with Crippen LogP contribution in [0.2, 0.25) is 0 Å². The van der Waals surface area contributed by atoms with Gasteiger partial charge in [0.05, 0.1) is 6.04 Å². The summed E-state index contributed by atoms with van der Waals surface area (Å²) in [6, 6.07) is 3.54. The summed E-state index contributed by atoms with van der Waals surface area (Å²) in [6.45, 7) is 4.81. The predicted molar refractivity (Wildman–Crippen MR) is 79.3 cm³/mol. The van der Waals surface area contributed by atoms with Gasteiger partial charge in [0.15, 0.2) is 0 Å². The molecular weight excluding hydrogens is 254 g/mol. The van der Waals surface area contributed by atoms with E-state index < -0.39 is 0 Å². The van der Waals surface area contributed by atoms with E-state index >= 15 is 0 Å². The number of carbonyl (C=O) groups excluding carboxylic acids is 1. The van der Waals surface area contributed by atoms with E-state index in [1.54, 1.807) is 12.4 Å². The maximum absolute atomic E-state index is 11.8. The summed E-state index contributed by atoms with van der Waals surface area (Å²) in [5, 5.41) is 14.8. The van der Waals surface area contributed by atoms with E-state index in [9.17, 15) is 4.79 Å². The molecule has 3 N–H and O–H groups in total. The van der Waals surface area contributed by atoms with Gasteiger partial charge in [-0.1, -0.05) is 13.3 Å². The second-order valence-corrected chi connectivity index (χ2v) is 5.02. The summed E-state index contributed by atoms with van der Waals surface area (Å²) in [5.74, 6) is 0.340. The summed E-state index contributed by atoms with van der Waals surface area (Å²) < 4.78 is 0. The molecule has 2 amide bonds. The number of nitrogens with zero attached hydrogens (tertiary/aromatic N) is 1. The van der Waals surface area contributed by atoms with Gasteiger partial charge in [0.25, 0.3) is 0 Å². The van der Waals surface area contributed by atoms with Crippen LogP contribution in [0, 0.1) is 5.92 Å². The molecule has 1 aromatic heterocycles. The van der Waals surface area contributed by atoms with Crippen LogP contribution in [-0.2, 0) is 0 Å². The highest BCUT2D eigenvalue weighted by atomic mass is 16.3. The normalized spacial score (nSPS) is 13.6. The third kappa shape index (κ3) is 6.02. The fraction of sp³-hybridized carbons (Fsp3) is 0.600. The van der Waals surface area contributed by atoms with E-state index in [0.717, 1.165) is 24.8 Å². The summed E-state index contributed by atoms with van der Waals surface area (Å²) in [7, 11) is 0. The van der Waals surface area contributed by atoms with Crippen molar-refractivity contribution in [2.75, 3.05) is 13.2 Å². The number of carbonyl (C=O) groups is 1. The first kappa shape index (κ1) is 16.4. The quantitative estimate of drug-likeness (QED) is 0.683. The lowest BCUT2D eigenvalue weighted by Gasteiger charge is -2.18. The fourth-order valence-corrected chi connectivity index (χ4v) is 2.16. The van der Waals surface area contributed by atoms with Crippen LogP contribution < -0.4 is 10.6 Å². The molecule has 20 heavy (non-hydrogen) atoms. The number of amides is 2. The van der Waals surface area contributed by atoms with E-state index in [1.807, 2.05) is 19.1 Å². The number of hydrogen-bond acceptors (Lipinski definition) is 3. The van der Waals surface area contributed by atoms with Crippen molar-refractivity contribution in [3.8, 4) is 0 Å². The Kier molecular flexibility index (Phi) is 7.65. The molecule has 1 heterocycles. The Morgan fingerprint density at radius 3 is 2.65 bits per heavy atom. The Balaban J connectivity index is 2.35. The average Bonchev–Trinajstić information content (AvgIpc) is 2.46. The second kappa shape index (κ2) is 9.31. The molecule has 112 valence electrons.